The van der Waals surface area contributed by atoms with E-state index in [9.17, 15) is 9.59 Å². The second-order valence-electron chi connectivity index (χ2n) is 15.7. The number of aromatic nitrogens is 2. The molecular weight excluding hydrogens is 665 g/mol. The lowest BCUT2D eigenvalue weighted by Gasteiger charge is -2.36. The molecule has 3 heterocycles. The molecule has 2 aliphatic rings. The maximum Gasteiger partial charge on any atom is 0.306 e. The van der Waals surface area contributed by atoms with E-state index in [1.54, 1.807) is 6.20 Å². The zero-order valence-electron chi connectivity index (χ0n) is 31.9. The van der Waals surface area contributed by atoms with Gasteiger partial charge >= 0.3 is 5.97 Å². The summed E-state index contributed by atoms with van der Waals surface area (Å²) in [6.45, 7) is 13.7. The van der Waals surface area contributed by atoms with Crippen molar-refractivity contribution in [2.24, 2.45) is 17.3 Å². The molecule has 0 radical (unpaired) electrons. The average Bonchev–Trinajstić information content (AvgIpc) is 4.00. The maximum absolute atomic E-state index is 14.6. The Hall–Kier alpha value is -4.92. The number of hydrogen-bond acceptors (Lipinski definition) is 8. The summed E-state index contributed by atoms with van der Waals surface area (Å²) < 4.78 is 17.8. The van der Waals surface area contributed by atoms with E-state index < -0.39 is 0 Å². The number of carbonyl (C=O) groups excluding carboxylic acids is 2. The van der Waals surface area contributed by atoms with Crippen LogP contribution >= 0.6 is 0 Å². The fourth-order valence-electron chi connectivity index (χ4n) is 7.07. The fraction of sp³-hybridized carbons (Fsp3) is 0.455. The van der Waals surface area contributed by atoms with Gasteiger partial charge in [-0.15, -0.1) is 0 Å². The van der Waals surface area contributed by atoms with Crippen LogP contribution in [0.3, 0.4) is 0 Å². The molecule has 0 spiro atoms. The van der Waals surface area contributed by atoms with E-state index in [-0.39, 0.29) is 23.2 Å². The topological polar surface area (TPSA) is 94.1 Å². The number of amides is 1. The van der Waals surface area contributed by atoms with Gasteiger partial charge in [0.2, 0.25) is 5.88 Å². The zero-order valence-corrected chi connectivity index (χ0v) is 31.9. The molecule has 1 saturated carbocycles. The molecule has 2 aromatic heterocycles. The molecule has 1 aliphatic heterocycles. The molecule has 6 rings (SSSR count). The van der Waals surface area contributed by atoms with Crippen molar-refractivity contribution in [3.05, 3.63) is 107 Å². The fourth-order valence-corrected chi connectivity index (χ4v) is 7.07. The number of anilines is 2. The van der Waals surface area contributed by atoms with Gasteiger partial charge in [-0.05, 0) is 104 Å². The number of benzene rings is 2. The summed E-state index contributed by atoms with van der Waals surface area (Å²) in [7, 11) is 0. The summed E-state index contributed by atoms with van der Waals surface area (Å²) in [5.74, 6) is 2.72. The molecule has 1 aliphatic carbocycles. The molecule has 1 unspecified atom stereocenters. The number of carbonyl (C=O) groups is 2. The molecule has 1 atom stereocenters. The van der Waals surface area contributed by atoms with Crippen molar-refractivity contribution in [3.8, 4) is 11.6 Å². The van der Waals surface area contributed by atoms with Crippen LogP contribution in [0.15, 0.2) is 85.1 Å². The number of nitrogens with zero attached hydrogens (tertiary/aromatic N) is 4. The molecule has 280 valence electrons. The molecule has 9 heteroatoms. The van der Waals surface area contributed by atoms with Gasteiger partial charge in [0.05, 0.1) is 30.9 Å². The van der Waals surface area contributed by atoms with Crippen LogP contribution in [0, 0.1) is 24.2 Å². The third-order valence-electron chi connectivity index (χ3n) is 9.97. The van der Waals surface area contributed by atoms with Crippen LogP contribution < -0.4 is 19.3 Å². The minimum absolute atomic E-state index is 0.0773. The van der Waals surface area contributed by atoms with Crippen LogP contribution in [0.25, 0.3) is 0 Å². The molecule has 2 fully saturated rings. The number of esters is 1. The molecule has 1 saturated heterocycles. The first-order chi connectivity index (χ1) is 25.6. The van der Waals surface area contributed by atoms with Gasteiger partial charge < -0.3 is 19.1 Å². The number of ether oxygens (including phenoxy) is 3. The number of piperidine rings is 1. The Morgan fingerprint density at radius 1 is 0.925 bits per heavy atom. The minimum atomic E-state index is -0.151. The quantitative estimate of drug-likeness (QED) is 0.113. The van der Waals surface area contributed by atoms with Gasteiger partial charge in [-0.3, -0.25) is 14.5 Å². The van der Waals surface area contributed by atoms with Crippen LogP contribution in [0.1, 0.15) is 92.9 Å². The molecular formula is C44H54N4O5. The number of hydrogen-bond donors (Lipinski definition) is 0. The molecule has 2 aromatic carbocycles. The van der Waals surface area contributed by atoms with Crippen molar-refractivity contribution in [2.75, 3.05) is 42.6 Å². The van der Waals surface area contributed by atoms with E-state index in [2.05, 4.69) is 30.7 Å². The Bertz CT molecular complexity index is 1830. The molecule has 0 bridgehead atoms. The van der Waals surface area contributed by atoms with E-state index in [1.165, 1.54) is 0 Å². The average molecular weight is 719 g/mol. The van der Waals surface area contributed by atoms with Gasteiger partial charge in [0.15, 0.2) is 0 Å². The SMILES string of the molecule is CCOC(=O)CC(c1ccnc(OCC2CCN(c3cc(OCc4ccccc4)ccc3C(=O)N(CC(C)(C)C)c3cccc(C)n3)CC2)c1)C1CC1. The van der Waals surface area contributed by atoms with Crippen LogP contribution in [0.5, 0.6) is 11.6 Å². The Morgan fingerprint density at radius 3 is 2.40 bits per heavy atom. The molecule has 9 nitrogen and oxygen atoms in total. The highest BCUT2D eigenvalue weighted by Gasteiger charge is 2.35. The molecule has 4 aromatic rings. The molecule has 0 N–H and O–H groups in total. The largest absolute Gasteiger partial charge is 0.489 e. The van der Waals surface area contributed by atoms with E-state index in [0.717, 1.165) is 67.0 Å². The first-order valence-electron chi connectivity index (χ1n) is 19.1. The van der Waals surface area contributed by atoms with Gasteiger partial charge in [-0.1, -0.05) is 57.2 Å². The van der Waals surface area contributed by atoms with Crippen LogP contribution in [0.2, 0.25) is 0 Å². The predicted molar refractivity (Wildman–Crippen MR) is 209 cm³/mol. The Balaban J connectivity index is 1.17. The monoisotopic (exact) mass is 718 g/mol. The third-order valence-corrected chi connectivity index (χ3v) is 9.97. The van der Waals surface area contributed by atoms with Crippen molar-refractivity contribution >= 4 is 23.4 Å². The lowest BCUT2D eigenvalue weighted by atomic mass is 9.92. The van der Waals surface area contributed by atoms with E-state index in [4.69, 9.17) is 19.2 Å². The van der Waals surface area contributed by atoms with Crippen LogP contribution in [0.4, 0.5) is 11.5 Å². The second kappa shape index (κ2) is 17.3. The van der Waals surface area contributed by atoms with Gasteiger partial charge in [-0.2, -0.15) is 0 Å². The van der Waals surface area contributed by atoms with Crippen molar-refractivity contribution in [1.29, 1.82) is 0 Å². The third kappa shape index (κ3) is 10.6. The predicted octanol–water partition coefficient (Wildman–Crippen LogP) is 8.80. The number of aryl methyl sites for hydroxylation is 1. The molecule has 53 heavy (non-hydrogen) atoms. The summed E-state index contributed by atoms with van der Waals surface area (Å²) in [5.41, 5.74) is 4.39. The Kier molecular flexibility index (Phi) is 12.3. The standard InChI is InChI=1S/C44H54N4O5/c1-6-51-42(49)27-38(34-15-16-34)35-19-22-45-41(25-35)53-29-33-20-23-47(24-21-33)39-26-36(52-28-32-12-8-7-9-13-32)17-18-37(39)43(50)48(30-44(3,4)5)40-14-10-11-31(2)46-40/h7-14,17-19,22,25-26,33-34,38H,6,15-16,20-21,23-24,27-30H2,1-5H3. The zero-order chi connectivity index (χ0) is 37.4. The second-order valence-corrected chi connectivity index (χ2v) is 15.7. The highest BCUT2D eigenvalue weighted by Crippen LogP contribution is 2.45. The number of rotatable bonds is 15. The van der Waals surface area contributed by atoms with Gasteiger partial charge in [-0.25, -0.2) is 9.97 Å². The normalized spacial score (nSPS) is 15.5. The smallest absolute Gasteiger partial charge is 0.306 e. The van der Waals surface area contributed by atoms with E-state index in [1.807, 2.05) is 97.6 Å². The van der Waals surface area contributed by atoms with Crippen LogP contribution in [-0.4, -0.2) is 54.7 Å². The van der Waals surface area contributed by atoms with Gasteiger partial charge in [0, 0.05) is 43.7 Å². The highest BCUT2D eigenvalue weighted by molar-refractivity contribution is 6.09. The van der Waals surface area contributed by atoms with E-state index in [0.29, 0.717) is 61.9 Å². The Labute approximate surface area is 314 Å². The lowest BCUT2D eigenvalue weighted by molar-refractivity contribution is -0.143. The van der Waals surface area contributed by atoms with Crippen molar-refractivity contribution in [3.63, 3.8) is 0 Å². The van der Waals surface area contributed by atoms with Crippen molar-refractivity contribution < 1.29 is 23.8 Å². The summed E-state index contributed by atoms with van der Waals surface area (Å²) in [6.07, 6.45) is 6.25. The molecule has 1 amide bonds. The maximum atomic E-state index is 14.6. The van der Waals surface area contributed by atoms with Crippen molar-refractivity contribution in [2.45, 2.75) is 79.2 Å². The van der Waals surface area contributed by atoms with E-state index >= 15 is 0 Å². The first-order valence-corrected chi connectivity index (χ1v) is 19.1. The Morgan fingerprint density at radius 2 is 1.70 bits per heavy atom. The van der Waals surface area contributed by atoms with Gasteiger partial charge in [0.1, 0.15) is 18.2 Å². The lowest BCUT2D eigenvalue weighted by Crippen LogP contribution is -2.41. The van der Waals surface area contributed by atoms with Crippen molar-refractivity contribution in [1.82, 2.24) is 9.97 Å². The van der Waals surface area contributed by atoms with Crippen LogP contribution in [-0.2, 0) is 16.1 Å². The first kappa shape index (κ1) is 37.8. The summed E-state index contributed by atoms with van der Waals surface area (Å²) in [4.78, 5) is 40.3. The number of pyridine rings is 2. The minimum Gasteiger partial charge on any atom is -0.489 e. The highest BCUT2D eigenvalue weighted by atomic mass is 16.5. The summed E-state index contributed by atoms with van der Waals surface area (Å²) in [5, 5.41) is 0. The van der Waals surface area contributed by atoms with Gasteiger partial charge in [0.25, 0.3) is 5.91 Å². The summed E-state index contributed by atoms with van der Waals surface area (Å²) >= 11 is 0. The summed E-state index contributed by atoms with van der Waals surface area (Å²) in [6, 6.07) is 25.8.